The first-order valence-electron chi connectivity index (χ1n) is 6.50. The molecule has 0 saturated carbocycles. The quantitative estimate of drug-likeness (QED) is 0.757. The zero-order valence-corrected chi connectivity index (χ0v) is 11.4. The summed E-state index contributed by atoms with van der Waals surface area (Å²) in [7, 11) is 0. The highest BCUT2D eigenvalue weighted by Crippen LogP contribution is 2.07. The summed E-state index contributed by atoms with van der Waals surface area (Å²) in [5, 5.41) is 2.89. The average molecular weight is 250 g/mol. The van der Waals surface area contributed by atoms with Crippen molar-refractivity contribution >= 4 is 5.91 Å². The Labute approximate surface area is 109 Å². The molecule has 0 saturated heterocycles. The molecular weight excluding hydrogens is 228 g/mol. The lowest BCUT2D eigenvalue weighted by molar-refractivity contribution is 0.0952. The van der Waals surface area contributed by atoms with Crippen LogP contribution in [0.5, 0.6) is 5.88 Å². The number of nitrogens with one attached hydrogen (secondary N) is 1. The molecule has 18 heavy (non-hydrogen) atoms. The summed E-state index contributed by atoms with van der Waals surface area (Å²) in [5.74, 6) is 1.15. The molecule has 0 unspecified atom stereocenters. The number of hydrogen-bond acceptors (Lipinski definition) is 3. The number of amides is 1. The van der Waals surface area contributed by atoms with E-state index >= 15 is 0 Å². The topological polar surface area (TPSA) is 51.2 Å². The van der Waals surface area contributed by atoms with Crippen LogP contribution >= 0.6 is 0 Å². The molecule has 1 heterocycles. The van der Waals surface area contributed by atoms with Gasteiger partial charge in [0.25, 0.3) is 5.91 Å². The van der Waals surface area contributed by atoms with Crippen molar-refractivity contribution in [3.05, 3.63) is 23.9 Å². The molecule has 0 spiro atoms. The molecule has 1 N–H and O–H groups in total. The lowest BCUT2D eigenvalue weighted by Gasteiger charge is -2.07. The zero-order valence-electron chi connectivity index (χ0n) is 11.4. The molecule has 0 aliphatic rings. The monoisotopic (exact) mass is 250 g/mol. The minimum Gasteiger partial charge on any atom is -0.478 e. The van der Waals surface area contributed by atoms with Crippen LogP contribution in [0.4, 0.5) is 0 Å². The fourth-order valence-corrected chi connectivity index (χ4v) is 1.56. The first-order valence-corrected chi connectivity index (χ1v) is 6.50. The Balaban J connectivity index is 2.37. The SMILES string of the molecule is CCOc1ccc(C(=O)NCCCC(C)C)cn1. The van der Waals surface area contributed by atoms with E-state index in [4.69, 9.17) is 4.74 Å². The standard InChI is InChI=1S/C14H22N2O2/c1-4-18-13-8-7-12(10-16-13)14(17)15-9-5-6-11(2)3/h7-8,10-11H,4-6,9H2,1-3H3,(H,15,17). The maximum atomic E-state index is 11.8. The Kier molecular flexibility index (Phi) is 6.19. The lowest BCUT2D eigenvalue weighted by Crippen LogP contribution is -2.24. The number of hydrogen-bond donors (Lipinski definition) is 1. The molecule has 4 heteroatoms. The fraction of sp³-hybridized carbons (Fsp3) is 0.571. The van der Waals surface area contributed by atoms with Gasteiger partial charge in [-0.1, -0.05) is 13.8 Å². The van der Waals surface area contributed by atoms with E-state index in [-0.39, 0.29) is 5.91 Å². The van der Waals surface area contributed by atoms with Crippen LogP contribution in [-0.4, -0.2) is 24.0 Å². The second-order valence-electron chi connectivity index (χ2n) is 4.61. The van der Waals surface area contributed by atoms with Gasteiger partial charge in [0, 0.05) is 18.8 Å². The van der Waals surface area contributed by atoms with Gasteiger partial charge in [-0.25, -0.2) is 4.98 Å². The third-order valence-electron chi connectivity index (χ3n) is 2.53. The van der Waals surface area contributed by atoms with Gasteiger partial charge in [-0.15, -0.1) is 0 Å². The van der Waals surface area contributed by atoms with Crippen molar-refractivity contribution in [3.8, 4) is 5.88 Å². The predicted molar refractivity (Wildman–Crippen MR) is 71.8 cm³/mol. The molecular formula is C14H22N2O2. The van der Waals surface area contributed by atoms with Crippen molar-refractivity contribution in [2.24, 2.45) is 5.92 Å². The van der Waals surface area contributed by atoms with Crippen molar-refractivity contribution in [1.82, 2.24) is 10.3 Å². The normalized spacial score (nSPS) is 10.4. The lowest BCUT2D eigenvalue weighted by atomic mass is 10.1. The second-order valence-corrected chi connectivity index (χ2v) is 4.61. The second kappa shape index (κ2) is 7.69. The van der Waals surface area contributed by atoms with Gasteiger partial charge in [0.15, 0.2) is 0 Å². The smallest absolute Gasteiger partial charge is 0.252 e. The minimum absolute atomic E-state index is 0.0747. The Morgan fingerprint density at radius 2 is 2.22 bits per heavy atom. The van der Waals surface area contributed by atoms with Crippen LogP contribution in [-0.2, 0) is 0 Å². The molecule has 1 aromatic rings. The van der Waals surface area contributed by atoms with E-state index in [0.29, 0.717) is 30.5 Å². The highest BCUT2D eigenvalue weighted by molar-refractivity contribution is 5.93. The molecule has 1 rings (SSSR count). The van der Waals surface area contributed by atoms with Crippen LogP contribution in [0.3, 0.4) is 0 Å². The van der Waals surface area contributed by atoms with Gasteiger partial charge in [0.1, 0.15) is 0 Å². The summed E-state index contributed by atoms with van der Waals surface area (Å²) < 4.78 is 5.22. The van der Waals surface area contributed by atoms with E-state index in [2.05, 4.69) is 24.1 Å². The van der Waals surface area contributed by atoms with Gasteiger partial charge in [0.05, 0.1) is 12.2 Å². The van der Waals surface area contributed by atoms with Gasteiger partial charge in [-0.3, -0.25) is 4.79 Å². The predicted octanol–water partition coefficient (Wildman–Crippen LogP) is 2.65. The van der Waals surface area contributed by atoms with Crippen LogP contribution < -0.4 is 10.1 Å². The summed E-state index contributed by atoms with van der Waals surface area (Å²) in [4.78, 5) is 15.8. The van der Waals surface area contributed by atoms with Crippen molar-refractivity contribution in [1.29, 1.82) is 0 Å². The molecule has 0 bridgehead atoms. The Hall–Kier alpha value is -1.58. The maximum Gasteiger partial charge on any atom is 0.252 e. The molecule has 0 fully saturated rings. The number of pyridine rings is 1. The van der Waals surface area contributed by atoms with Crippen LogP contribution in [0.15, 0.2) is 18.3 Å². The number of carbonyl (C=O) groups excluding carboxylic acids is 1. The van der Waals surface area contributed by atoms with Crippen LogP contribution in [0.25, 0.3) is 0 Å². The van der Waals surface area contributed by atoms with Crippen molar-refractivity contribution in [3.63, 3.8) is 0 Å². The van der Waals surface area contributed by atoms with E-state index in [1.54, 1.807) is 18.3 Å². The number of carbonyl (C=O) groups is 1. The van der Waals surface area contributed by atoms with Crippen LogP contribution in [0, 0.1) is 5.92 Å². The molecule has 1 aromatic heterocycles. The average Bonchev–Trinajstić information content (AvgIpc) is 2.35. The Bertz CT molecular complexity index is 361. The highest BCUT2D eigenvalue weighted by Gasteiger charge is 2.05. The summed E-state index contributed by atoms with van der Waals surface area (Å²) in [6, 6.07) is 3.45. The summed E-state index contributed by atoms with van der Waals surface area (Å²) in [6.45, 7) is 7.55. The number of ether oxygens (including phenoxy) is 1. The van der Waals surface area contributed by atoms with Crippen LogP contribution in [0.1, 0.15) is 44.0 Å². The third-order valence-corrected chi connectivity index (χ3v) is 2.53. The van der Waals surface area contributed by atoms with E-state index in [1.165, 1.54) is 0 Å². The van der Waals surface area contributed by atoms with E-state index < -0.39 is 0 Å². The van der Waals surface area contributed by atoms with Crippen molar-refractivity contribution in [2.45, 2.75) is 33.6 Å². The molecule has 0 aliphatic carbocycles. The fourth-order valence-electron chi connectivity index (χ4n) is 1.56. The number of aromatic nitrogens is 1. The molecule has 4 nitrogen and oxygen atoms in total. The van der Waals surface area contributed by atoms with Crippen molar-refractivity contribution < 1.29 is 9.53 Å². The number of rotatable bonds is 7. The molecule has 0 radical (unpaired) electrons. The third kappa shape index (κ3) is 5.17. The molecule has 1 amide bonds. The summed E-state index contributed by atoms with van der Waals surface area (Å²) in [5.41, 5.74) is 0.572. The summed E-state index contributed by atoms with van der Waals surface area (Å²) in [6.07, 6.45) is 3.68. The summed E-state index contributed by atoms with van der Waals surface area (Å²) >= 11 is 0. The molecule has 100 valence electrons. The Morgan fingerprint density at radius 1 is 1.44 bits per heavy atom. The molecule has 0 atom stereocenters. The highest BCUT2D eigenvalue weighted by atomic mass is 16.5. The van der Waals surface area contributed by atoms with E-state index in [0.717, 1.165) is 12.8 Å². The first kappa shape index (κ1) is 14.5. The van der Waals surface area contributed by atoms with Gasteiger partial charge in [-0.2, -0.15) is 0 Å². The van der Waals surface area contributed by atoms with Crippen LogP contribution in [0.2, 0.25) is 0 Å². The number of nitrogens with zero attached hydrogens (tertiary/aromatic N) is 1. The van der Waals surface area contributed by atoms with E-state index in [9.17, 15) is 4.79 Å². The largest absolute Gasteiger partial charge is 0.478 e. The van der Waals surface area contributed by atoms with Gasteiger partial charge in [0.2, 0.25) is 5.88 Å². The van der Waals surface area contributed by atoms with Crippen molar-refractivity contribution in [2.75, 3.05) is 13.2 Å². The first-order chi connectivity index (χ1) is 8.63. The van der Waals surface area contributed by atoms with Gasteiger partial charge in [-0.05, 0) is 31.7 Å². The Morgan fingerprint density at radius 3 is 2.78 bits per heavy atom. The zero-order chi connectivity index (χ0) is 13.4. The molecule has 0 aliphatic heterocycles. The van der Waals surface area contributed by atoms with Gasteiger partial charge < -0.3 is 10.1 Å². The molecule has 0 aromatic carbocycles. The van der Waals surface area contributed by atoms with E-state index in [1.807, 2.05) is 6.92 Å². The van der Waals surface area contributed by atoms with Gasteiger partial charge >= 0.3 is 0 Å². The minimum atomic E-state index is -0.0747. The maximum absolute atomic E-state index is 11.8.